The monoisotopic (exact) mass is 473 g/mol. The fourth-order valence-corrected chi connectivity index (χ4v) is 4.46. The van der Waals surface area contributed by atoms with Crippen LogP contribution >= 0.6 is 0 Å². The molecule has 0 fully saturated rings. The number of hydrogen-bond donors (Lipinski definition) is 0. The number of unbranched alkanes of at least 4 members (excludes halogenated alkanes) is 6. The van der Waals surface area contributed by atoms with Gasteiger partial charge in [0.2, 0.25) is 0 Å². The zero-order chi connectivity index (χ0) is 25.3. The lowest BCUT2D eigenvalue weighted by Crippen LogP contribution is -2.13. The molecule has 1 atom stereocenters. The molecule has 1 unspecified atom stereocenters. The van der Waals surface area contributed by atoms with E-state index in [2.05, 4.69) is 26.8 Å². The number of ether oxygens (including phenoxy) is 1. The van der Waals surface area contributed by atoms with E-state index in [-0.39, 0.29) is 5.97 Å². The maximum absolute atomic E-state index is 13.2. The predicted octanol–water partition coefficient (Wildman–Crippen LogP) is 9.12. The fourth-order valence-electron chi connectivity index (χ4n) is 4.46. The minimum atomic E-state index is -0.234. The molecule has 0 N–H and O–H groups in total. The molecule has 0 saturated carbocycles. The molecule has 2 rings (SSSR count). The van der Waals surface area contributed by atoms with Gasteiger partial charge in [-0.3, -0.25) is 0 Å². The third-order valence-corrected chi connectivity index (χ3v) is 6.67. The van der Waals surface area contributed by atoms with Gasteiger partial charge in [-0.25, -0.2) is 4.79 Å². The van der Waals surface area contributed by atoms with Crippen molar-refractivity contribution in [2.45, 2.75) is 91.4 Å². The number of benzene rings is 2. The van der Waals surface area contributed by atoms with E-state index in [1.165, 1.54) is 25.7 Å². The van der Waals surface area contributed by atoms with E-state index in [4.69, 9.17) is 4.74 Å². The maximum atomic E-state index is 13.2. The Hall–Kier alpha value is -2.86. The minimum absolute atomic E-state index is 0.234. The van der Waals surface area contributed by atoms with Crippen LogP contribution in [0, 0.1) is 17.2 Å². The van der Waals surface area contributed by atoms with Gasteiger partial charge in [-0.15, -0.1) is 0 Å². The molecule has 3 heteroatoms. The first-order valence-corrected chi connectivity index (χ1v) is 13.6. The lowest BCUT2D eigenvalue weighted by atomic mass is 9.89. The van der Waals surface area contributed by atoms with E-state index in [0.29, 0.717) is 30.1 Å². The molecule has 3 nitrogen and oxygen atoms in total. The van der Waals surface area contributed by atoms with Crippen LogP contribution in [0.3, 0.4) is 0 Å². The van der Waals surface area contributed by atoms with E-state index >= 15 is 0 Å². The summed E-state index contributed by atoms with van der Waals surface area (Å²) in [5, 5.41) is 10.0. The first kappa shape index (κ1) is 28.4. The SMILES string of the molecule is CCCCCCCCOC(=O)C(=Cc1cccc(-c2ccccc2)c1C#N)CC(CC)CCCC. The normalized spacial score (nSPS) is 12.2. The van der Waals surface area contributed by atoms with Gasteiger partial charge in [0.15, 0.2) is 0 Å². The van der Waals surface area contributed by atoms with Gasteiger partial charge in [0.25, 0.3) is 0 Å². The van der Waals surface area contributed by atoms with Crippen LogP contribution in [-0.4, -0.2) is 12.6 Å². The van der Waals surface area contributed by atoms with Gasteiger partial charge >= 0.3 is 5.97 Å². The Bertz CT molecular complexity index is 955. The van der Waals surface area contributed by atoms with Gasteiger partial charge < -0.3 is 4.74 Å². The first-order valence-electron chi connectivity index (χ1n) is 13.6. The molecule has 2 aromatic rings. The second-order valence-electron chi connectivity index (χ2n) is 9.44. The highest BCUT2D eigenvalue weighted by atomic mass is 16.5. The number of esters is 1. The average molecular weight is 474 g/mol. The molecule has 0 bridgehead atoms. The topological polar surface area (TPSA) is 50.1 Å². The van der Waals surface area contributed by atoms with Crippen molar-refractivity contribution in [2.75, 3.05) is 6.61 Å². The van der Waals surface area contributed by atoms with Crippen LogP contribution in [0.4, 0.5) is 0 Å². The van der Waals surface area contributed by atoms with Crippen molar-refractivity contribution in [3.05, 3.63) is 65.2 Å². The fraction of sp³-hybridized carbons (Fsp3) is 0.500. The molecule has 0 radical (unpaired) electrons. The van der Waals surface area contributed by atoms with Crippen molar-refractivity contribution < 1.29 is 9.53 Å². The molecule has 0 heterocycles. The summed E-state index contributed by atoms with van der Waals surface area (Å²) in [6, 6.07) is 18.2. The first-order chi connectivity index (χ1) is 17.1. The van der Waals surface area contributed by atoms with Crippen LogP contribution in [0.2, 0.25) is 0 Å². The summed E-state index contributed by atoms with van der Waals surface area (Å²) in [6.45, 7) is 7.07. The van der Waals surface area contributed by atoms with Crippen molar-refractivity contribution in [3.63, 3.8) is 0 Å². The lowest BCUT2D eigenvalue weighted by Gasteiger charge is -2.17. The third kappa shape index (κ3) is 9.73. The second-order valence-corrected chi connectivity index (χ2v) is 9.44. The van der Waals surface area contributed by atoms with Gasteiger partial charge in [-0.2, -0.15) is 5.26 Å². The molecule has 2 aromatic carbocycles. The zero-order valence-electron chi connectivity index (χ0n) is 22.0. The van der Waals surface area contributed by atoms with E-state index in [9.17, 15) is 10.1 Å². The zero-order valence-corrected chi connectivity index (χ0v) is 22.0. The summed E-state index contributed by atoms with van der Waals surface area (Å²) in [4.78, 5) is 13.2. The summed E-state index contributed by atoms with van der Waals surface area (Å²) in [6.07, 6.45) is 14.0. The number of nitriles is 1. The molecule has 188 valence electrons. The van der Waals surface area contributed by atoms with Gasteiger partial charge in [0, 0.05) is 11.1 Å². The molecule has 0 aliphatic rings. The summed E-state index contributed by atoms with van der Waals surface area (Å²) in [5.41, 5.74) is 3.95. The average Bonchev–Trinajstić information content (AvgIpc) is 2.90. The molecular formula is C32H43NO2. The number of nitrogens with zero attached hydrogens (tertiary/aromatic N) is 1. The Labute approximate surface area is 213 Å². The van der Waals surface area contributed by atoms with Crippen molar-refractivity contribution in [1.29, 1.82) is 5.26 Å². The number of carbonyl (C=O) groups is 1. The quantitative estimate of drug-likeness (QED) is 0.139. The van der Waals surface area contributed by atoms with Crippen molar-refractivity contribution >= 4 is 12.0 Å². The molecular weight excluding hydrogens is 430 g/mol. The van der Waals surface area contributed by atoms with E-state index < -0.39 is 0 Å². The predicted molar refractivity (Wildman–Crippen MR) is 147 cm³/mol. The Morgan fingerprint density at radius 2 is 1.63 bits per heavy atom. The molecule has 0 aliphatic heterocycles. The maximum Gasteiger partial charge on any atom is 0.334 e. The van der Waals surface area contributed by atoms with Gasteiger partial charge in [0.05, 0.1) is 12.2 Å². The van der Waals surface area contributed by atoms with E-state index in [1.807, 2.05) is 54.6 Å². The number of hydrogen-bond acceptors (Lipinski definition) is 3. The van der Waals surface area contributed by atoms with Crippen LogP contribution in [0.5, 0.6) is 0 Å². The summed E-state index contributed by atoms with van der Waals surface area (Å²) in [7, 11) is 0. The smallest absolute Gasteiger partial charge is 0.334 e. The molecule has 35 heavy (non-hydrogen) atoms. The highest BCUT2D eigenvalue weighted by molar-refractivity contribution is 5.94. The third-order valence-electron chi connectivity index (χ3n) is 6.67. The molecule has 0 spiro atoms. The lowest BCUT2D eigenvalue weighted by molar-refractivity contribution is -0.139. The molecule has 0 aliphatic carbocycles. The summed E-state index contributed by atoms with van der Waals surface area (Å²) < 4.78 is 5.73. The van der Waals surface area contributed by atoms with Gasteiger partial charge in [0.1, 0.15) is 6.07 Å². The minimum Gasteiger partial charge on any atom is -0.462 e. The number of carbonyl (C=O) groups excluding carboxylic acids is 1. The second kappa shape index (κ2) is 16.7. The van der Waals surface area contributed by atoms with Gasteiger partial charge in [-0.05, 0) is 36.0 Å². The standard InChI is InChI=1S/C32H43NO2/c1-4-7-9-10-11-15-22-35-32(34)29(23-26(6-3)17-8-5-2)24-28-20-16-21-30(31(28)25-33)27-18-13-12-14-19-27/h12-14,16,18-21,24,26H,4-11,15,17,22-23H2,1-3H3. The van der Waals surface area contributed by atoms with Crippen molar-refractivity contribution in [2.24, 2.45) is 5.92 Å². The number of rotatable bonds is 16. The Morgan fingerprint density at radius 1 is 0.914 bits per heavy atom. The Kier molecular flexibility index (Phi) is 13.6. The highest BCUT2D eigenvalue weighted by Gasteiger charge is 2.18. The highest BCUT2D eigenvalue weighted by Crippen LogP contribution is 2.29. The van der Waals surface area contributed by atoms with Crippen molar-refractivity contribution in [1.82, 2.24) is 0 Å². The Balaban J connectivity index is 2.26. The molecule has 0 saturated heterocycles. The van der Waals surface area contributed by atoms with Crippen LogP contribution in [0.15, 0.2) is 54.1 Å². The molecule has 0 amide bonds. The van der Waals surface area contributed by atoms with E-state index in [0.717, 1.165) is 55.2 Å². The summed E-state index contributed by atoms with van der Waals surface area (Å²) in [5.74, 6) is 0.202. The Morgan fingerprint density at radius 3 is 2.31 bits per heavy atom. The van der Waals surface area contributed by atoms with Crippen LogP contribution in [-0.2, 0) is 9.53 Å². The van der Waals surface area contributed by atoms with Crippen molar-refractivity contribution in [3.8, 4) is 17.2 Å². The van der Waals surface area contributed by atoms with Crippen LogP contribution in [0.1, 0.15) is 103 Å². The largest absolute Gasteiger partial charge is 0.462 e. The van der Waals surface area contributed by atoms with E-state index in [1.54, 1.807) is 0 Å². The van der Waals surface area contributed by atoms with Crippen LogP contribution < -0.4 is 0 Å². The van der Waals surface area contributed by atoms with Crippen LogP contribution in [0.25, 0.3) is 17.2 Å². The summed E-state index contributed by atoms with van der Waals surface area (Å²) >= 11 is 0. The van der Waals surface area contributed by atoms with Gasteiger partial charge in [-0.1, -0.05) is 127 Å². The molecule has 0 aromatic heterocycles.